The molecule has 0 saturated carbocycles. The van der Waals surface area contributed by atoms with Crippen molar-refractivity contribution in [2.45, 2.75) is 26.3 Å². The fourth-order valence-electron chi connectivity index (χ4n) is 2.48. The van der Waals surface area contributed by atoms with Crippen LogP contribution in [0, 0.1) is 12.7 Å². The maximum Gasteiger partial charge on any atom is 0.238 e. The fraction of sp³-hybridized carbons (Fsp3) is 0.375. The second-order valence-corrected chi connectivity index (χ2v) is 5.36. The van der Waals surface area contributed by atoms with Crippen molar-refractivity contribution in [3.8, 4) is 11.6 Å². The maximum atomic E-state index is 14.1. The molecule has 0 unspecified atom stereocenters. The van der Waals surface area contributed by atoms with Crippen LogP contribution in [0.2, 0.25) is 0 Å². The van der Waals surface area contributed by atoms with Crippen molar-refractivity contribution >= 4 is 0 Å². The number of hydrogen-bond acceptors (Lipinski definition) is 4. The lowest BCUT2D eigenvalue weighted by Crippen LogP contribution is -2.18. The Kier molecular flexibility index (Phi) is 4.10. The number of benzene rings is 1. The first-order valence-corrected chi connectivity index (χ1v) is 7.20. The Labute approximate surface area is 123 Å². The monoisotopic (exact) mass is 287 g/mol. The average molecular weight is 287 g/mol. The molecule has 0 amide bonds. The molecule has 110 valence electrons. The molecule has 1 aromatic heterocycles. The first-order valence-electron chi connectivity index (χ1n) is 7.20. The number of aromatic nitrogens is 2. The highest BCUT2D eigenvalue weighted by Gasteiger charge is 2.13. The van der Waals surface area contributed by atoms with Crippen molar-refractivity contribution in [2.75, 3.05) is 13.1 Å². The highest BCUT2D eigenvalue weighted by atomic mass is 19.1. The van der Waals surface area contributed by atoms with Crippen LogP contribution in [0.3, 0.4) is 0 Å². The second kappa shape index (κ2) is 6.18. The zero-order chi connectivity index (χ0) is 14.7. The van der Waals surface area contributed by atoms with E-state index >= 15 is 0 Å². The summed E-state index contributed by atoms with van der Waals surface area (Å²) in [5, 5.41) is 7.76. The normalized spacial score (nSPS) is 15.3. The fourth-order valence-corrected chi connectivity index (χ4v) is 2.48. The molecule has 21 heavy (non-hydrogen) atoms. The topological polar surface area (TPSA) is 38.2 Å². The third-order valence-electron chi connectivity index (χ3n) is 3.59. The minimum Gasteiger partial charge on any atom is -0.434 e. The van der Waals surface area contributed by atoms with Crippen molar-refractivity contribution in [1.82, 2.24) is 15.1 Å². The molecule has 2 heterocycles. The zero-order valence-electron chi connectivity index (χ0n) is 12.1. The summed E-state index contributed by atoms with van der Waals surface area (Å²) in [6.45, 7) is 4.82. The smallest absolute Gasteiger partial charge is 0.238 e. The van der Waals surface area contributed by atoms with Crippen LogP contribution in [0.15, 0.2) is 30.3 Å². The SMILES string of the molecule is Cc1ccc(Oc2ccc(CN3CCCC3)cc2F)nn1. The van der Waals surface area contributed by atoms with Crippen molar-refractivity contribution in [3.63, 3.8) is 0 Å². The molecule has 1 aliphatic rings. The van der Waals surface area contributed by atoms with Gasteiger partial charge in [-0.2, -0.15) is 5.10 Å². The predicted molar refractivity (Wildman–Crippen MR) is 77.8 cm³/mol. The Bertz CT molecular complexity index is 609. The van der Waals surface area contributed by atoms with Gasteiger partial charge in [-0.25, -0.2) is 4.39 Å². The van der Waals surface area contributed by atoms with Crippen LogP contribution >= 0.6 is 0 Å². The van der Waals surface area contributed by atoms with Gasteiger partial charge in [0.05, 0.1) is 5.69 Å². The van der Waals surface area contributed by atoms with E-state index < -0.39 is 0 Å². The highest BCUT2D eigenvalue weighted by Crippen LogP contribution is 2.24. The highest BCUT2D eigenvalue weighted by molar-refractivity contribution is 5.32. The quantitative estimate of drug-likeness (QED) is 0.864. The van der Waals surface area contributed by atoms with E-state index in [2.05, 4.69) is 15.1 Å². The van der Waals surface area contributed by atoms with Crippen molar-refractivity contribution in [3.05, 3.63) is 47.4 Å². The molecule has 1 saturated heterocycles. The van der Waals surface area contributed by atoms with E-state index in [0.29, 0.717) is 5.88 Å². The molecule has 0 radical (unpaired) electrons. The van der Waals surface area contributed by atoms with Crippen LogP contribution in [0.5, 0.6) is 11.6 Å². The first kappa shape index (κ1) is 13.9. The number of ether oxygens (including phenoxy) is 1. The molecule has 4 nitrogen and oxygen atoms in total. The zero-order valence-corrected chi connectivity index (χ0v) is 12.1. The predicted octanol–water partition coefficient (Wildman–Crippen LogP) is 3.31. The second-order valence-electron chi connectivity index (χ2n) is 5.36. The lowest BCUT2D eigenvalue weighted by Gasteiger charge is -2.15. The van der Waals surface area contributed by atoms with Gasteiger partial charge < -0.3 is 4.74 Å². The van der Waals surface area contributed by atoms with E-state index in [1.54, 1.807) is 18.2 Å². The molecule has 0 aliphatic carbocycles. The molecular weight excluding hydrogens is 269 g/mol. The Balaban J connectivity index is 1.70. The maximum absolute atomic E-state index is 14.1. The van der Waals surface area contributed by atoms with Gasteiger partial charge in [-0.05, 0) is 56.6 Å². The summed E-state index contributed by atoms with van der Waals surface area (Å²) in [7, 11) is 0. The van der Waals surface area contributed by atoms with Gasteiger partial charge >= 0.3 is 0 Å². The van der Waals surface area contributed by atoms with Gasteiger partial charge in [-0.1, -0.05) is 6.07 Å². The number of hydrogen-bond donors (Lipinski definition) is 0. The van der Waals surface area contributed by atoms with Gasteiger partial charge in [0.25, 0.3) is 0 Å². The van der Waals surface area contributed by atoms with Crippen LogP contribution in [-0.2, 0) is 6.54 Å². The molecule has 1 aromatic carbocycles. The third-order valence-corrected chi connectivity index (χ3v) is 3.59. The summed E-state index contributed by atoms with van der Waals surface area (Å²) >= 11 is 0. The van der Waals surface area contributed by atoms with E-state index in [1.807, 2.05) is 13.0 Å². The van der Waals surface area contributed by atoms with E-state index in [0.717, 1.165) is 30.9 Å². The molecule has 1 fully saturated rings. The minimum absolute atomic E-state index is 0.179. The number of aryl methyl sites for hydroxylation is 1. The summed E-state index contributed by atoms with van der Waals surface area (Å²) in [4.78, 5) is 2.33. The van der Waals surface area contributed by atoms with Gasteiger partial charge in [0, 0.05) is 12.6 Å². The third kappa shape index (κ3) is 3.55. The molecule has 0 N–H and O–H groups in total. The number of halogens is 1. The minimum atomic E-state index is -0.367. The lowest BCUT2D eigenvalue weighted by atomic mass is 10.2. The van der Waals surface area contributed by atoms with Crippen LogP contribution in [-0.4, -0.2) is 28.2 Å². The van der Waals surface area contributed by atoms with Gasteiger partial charge in [0.2, 0.25) is 5.88 Å². The Morgan fingerprint density at radius 1 is 1.14 bits per heavy atom. The molecule has 1 aliphatic heterocycles. The Hall–Kier alpha value is -2.01. The van der Waals surface area contributed by atoms with Gasteiger partial charge in [-0.15, -0.1) is 5.10 Å². The number of likely N-dealkylation sites (tertiary alicyclic amines) is 1. The molecule has 2 aromatic rings. The first-order chi connectivity index (χ1) is 10.2. The van der Waals surface area contributed by atoms with Crippen LogP contribution in [0.1, 0.15) is 24.1 Å². The summed E-state index contributed by atoms with van der Waals surface area (Å²) in [5.74, 6) is 0.110. The largest absolute Gasteiger partial charge is 0.434 e. The summed E-state index contributed by atoms with van der Waals surface area (Å²) in [5.41, 5.74) is 1.76. The molecule has 0 spiro atoms. The van der Waals surface area contributed by atoms with Crippen molar-refractivity contribution in [1.29, 1.82) is 0 Å². The van der Waals surface area contributed by atoms with Crippen molar-refractivity contribution < 1.29 is 9.13 Å². The van der Waals surface area contributed by atoms with Crippen LogP contribution < -0.4 is 4.74 Å². The molecule has 0 atom stereocenters. The lowest BCUT2D eigenvalue weighted by molar-refractivity contribution is 0.330. The number of rotatable bonds is 4. The summed E-state index contributed by atoms with van der Waals surface area (Å²) in [6.07, 6.45) is 2.46. The van der Waals surface area contributed by atoms with Gasteiger partial charge in [0.15, 0.2) is 11.6 Å². The van der Waals surface area contributed by atoms with Gasteiger partial charge in [0.1, 0.15) is 0 Å². The summed E-state index contributed by atoms with van der Waals surface area (Å²) < 4.78 is 19.5. The van der Waals surface area contributed by atoms with Crippen LogP contribution in [0.4, 0.5) is 4.39 Å². The number of nitrogens with zero attached hydrogens (tertiary/aromatic N) is 3. The molecule has 5 heteroatoms. The molecule has 3 rings (SSSR count). The average Bonchev–Trinajstić information content (AvgIpc) is 2.97. The molecular formula is C16H18FN3O. The van der Waals surface area contributed by atoms with E-state index in [-0.39, 0.29) is 11.6 Å². The van der Waals surface area contributed by atoms with Crippen LogP contribution in [0.25, 0.3) is 0 Å². The Morgan fingerprint density at radius 2 is 1.95 bits per heavy atom. The van der Waals surface area contributed by atoms with E-state index in [9.17, 15) is 4.39 Å². The standard InChI is InChI=1S/C16H18FN3O/c1-12-4-7-16(19-18-12)21-15-6-5-13(10-14(15)17)11-20-8-2-3-9-20/h4-7,10H,2-3,8-9,11H2,1H3. The van der Waals surface area contributed by atoms with E-state index in [4.69, 9.17) is 4.74 Å². The Morgan fingerprint density at radius 3 is 2.62 bits per heavy atom. The van der Waals surface area contributed by atoms with Gasteiger partial charge in [-0.3, -0.25) is 4.90 Å². The summed E-state index contributed by atoms with van der Waals surface area (Å²) in [6, 6.07) is 8.55. The molecule has 0 bridgehead atoms. The van der Waals surface area contributed by atoms with Crippen molar-refractivity contribution in [2.24, 2.45) is 0 Å². The van der Waals surface area contributed by atoms with E-state index in [1.165, 1.54) is 18.9 Å².